The van der Waals surface area contributed by atoms with Crippen LogP contribution < -0.4 is 5.32 Å². The van der Waals surface area contributed by atoms with Gasteiger partial charge in [0.1, 0.15) is 5.82 Å². The maximum Gasteiger partial charge on any atom is 0.129 e. The van der Waals surface area contributed by atoms with Gasteiger partial charge in [-0.15, -0.1) is 11.3 Å². The molecule has 0 radical (unpaired) electrons. The van der Waals surface area contributed by atoms with Crippen LogP contribution in [0.4, 0.5) is 4.39 Å². The predicted octanol–water partition coefficient (Wildman–Crippen LogP) is 4.58. The Kier molecular flexibility index (Phi) is 4.20. The Balaban J connectivity index is 2.49. The van der Waals surface area contributed by atoms with E-state index in [1.165, 1.54) is 4.88 Å². The molecule has 1 N–H and O–H groups in total. The molecule has 1 nitrogen and oxygen atoms in total. The largest absolute Gasteiger partial charge is 0.309 e. The summed E-state index contributed by atoms with van der Waals surface area (Å²) in [7, 11) is 1.92. The van der Waals surface area contributed by atoms with Crippen molar-refractivity contribution in [2.75, 3.05) is 7.05 Å². The van der Waals surface area contributed by atoms with Crippen molar-refractivity contribution in [3.63, 3.8) is 0 Å². The summed E-state index contributed by atoms with van der Waals surface area (Å²) in [4.78, 5) is 1.21. The van der Waals surface area contributed by atoms with E-state index >= 15 is 0 Å². The third-order valence-electron chi connectivity index (χ3n) is 2.99. The summed E-state index contributed by atoms with van der Waals surface area (Å²) in [6, 6.07) is 5.95. The van der Waals surface area contributed by atoms with Gasteiger partial charge in [-0.1, -0.05) is 12.1 Å². The number of hydrogen-bond donors (Lipinski definition) is 1. The van der Waals surface area contributed by atoms with Gasteiger partial charge in [-0.05, 0) is 65.0 Å². The topological polar surface area (TPSA) is 12.0 Å². The van der Waals surface area contributed by atoms with Crippen LogP contribution in [0.3, 0.4) is 0 Å². The van der Waals surface area contributed by atoms with E-state index in [-0.39, 0.29) is 11.9 Å². The summed E-state index contributed by atoms with van der Waals surface area (Å²) >= 11 is 5.24. The maximum atomic E-state index is 13.7. The third kappa shape index (κ3) is 2.51. The smallest absolute Gasteiger partial charge is 0.129 e. The summed E-state index contributed by atoms with van der Waals surface area (Å²) in [5.41, 5.74) is 2.48. The highest BCUT2D eigenvalue weighted by Crippen LogP contribution is 2.34. The Morgan fingerprint density at radius 1 is 1.28 bits per heavy atom. The van der Waals surface area contributed by atoms with E-state index in [9.17, 15) is 4.39 Å². The second-order valence-electron chi connectivity index (χ2n) is 4.32. The Hall–Kier alpha value is -0.710. The van der Waals surface area contributed by atoms with Crippen molar-refractivity contribution < 1.29 is 4.39 Å². The first-order chi connectivity index (χ1) is 8.54. The standard InChI is InChI=1S/C14H15BrFNS/c1-8-6-10(7-9(2)12(8)16)13(17-3)14-11(15)4-5-18-14/h4-7,13,17H,1-3H3. The van der Waals surface area contributed by atoms with E-state index in [1.807, 2.05) is 44.5 Å². The van der Waals surface area contributed by atoms with E-state index in [1.54, 1.807) is 11.3 Å². The van der Waals surface area contributed by atoms with Crippen LogP contribution in [0.5, 0.6) is 0 Å². The number of rotatable bonds is 3. The van der Waals surface area contributed by atoms with Gasteiger partial charge in [0, 0.05) is 9.35 Å². The zero-order valence-electron chi connectivity index (χ0n) is 10.6. The Labute approximate surface area is 119 Å². The number of nitrogens with one attached hydrogen (secondary N) is 1. The minimum absolute atomic E-state index is 0.0948. The predicted molar refractivity (Wildman–Crippen MR) is 78.8 cm³/mol. The molecule has 1 aromatic heterocycles. The number of benzene rings is 1. The van der Waals surface area contributed by atoms with Crippen molar-refractivity contribution in [1.29, 1.82) is 0 Å². The average molecular weight is 328 g/mol. The van der Waals surface area contributed by atoms with Crippen molar-refractivity contribution in [3.8, 4) is 0 Å². The van der Waals surface area contributed by atoms with Crippen molar-refractivity contribution in [1.82, 2.24) is 5.32 Å². The minimum Gasteiger partial charge on any atom is -0.309 e. The van der Waals surface area contributed by atoms with Crippen LogP contribution in [0.25, 0.3) is 0 Å². The monoisotopic (exact) mass is 327 g/mol. The highest BCUT2D eigenvalue weighted by molar-refractivity contribution is 9.10. The van der Waals surface area contributed by atoms with E-state index in [0.29, 0.717) is 11.1 Å². The van der Waals surface area contributed by atoms with E-state index in [4.69, 9.17) is 0 Å². The van der Waals surface area contributed by atoms with Gasteiger partial charge in [0.25, 0.3) is 0 Å². The molecule has 4 heteroatoms. The van der Waals surface area contributed by atoms with Crippen LogP contribution >= 0.6 is 27.3 Å². The lowest BCUT2D eigenvalue weighted by Crippen LogP contribution is -2.17. The molecule has 0 saturated heterocycles. The molecule has 96 valence electrons. The number of thiophene rings is 1. The molecule has 1 unspecified atom stereocenters. The normalized spacial score (nSPS) is 12.7. The van der Waals surface area contributed by atoms with E-state index in [0.717, 1.165) is 10.0 Å². The molecule has 1 atom stereocenters. The van der Waals surface area contributed by atoms with Crippen LogP contribution in [0, 0.1) is 19.7 Å². The molecular formula is C14H15BrFNS. The SMILES string of the molecule is CNC(c1cc(C)c(F)c(C)c1)c1sccc1Br. The molecule has 0 aliphatic carbocycles. The first kappa shape index (κ1) is 13.7. The van der Waals surface area contributed by atoms with Crippen LogP contribution in [0.1, 0.15) is 27.6 Å². The fourth-order valence-electron chi connectivity index (χ4n) is 2.11. The first-order valence-corrected chi connectivity index (χ1v) is 7.38. The van der Waals surface area contributed by atoms with Crippen LogP contribution in [0.2, 0.25) is 0 Å². The van der Waals surface area contributed by atoms with Crippen LogP contribution in [-0.2, 0) is 0 Å². The van der Waals surface area contributed by atoms with Gasteiger partial charge in [0.15, 0.2) is 0 Å². The molecule has 2 aromatic rings. The summed E-state index contributed by atoms with van der Waals surface area (Å²) in [6.07, 6.45) is 0. The van der Waals surface area contributed by atoms with Crippen molar-refractivity contribution >= 4 is 27.3 Å². The quantitative estimate of drug-likeness (QED) is 0.870. The lowest BCUT2D eigenvalue weighted by atomic mass is 10.00. The zero-order valence-corrected chi connectivity index (χ0v) is 13.0. The molecule has 0 bridgehead atoms. The van der Waals surface area contributed by atoms with Gasteiger partial charge in [-0.2, -0.15) is 0 Å². The van der Waals surface area contributed by atoms with Crippen molar-refractivity contribution in [2.45, 2.75) is 19.9 Å². The summed E-state index contributed by atoms with van der Waals surface area (Å²) < 4.78 is 14.8. The fourth-order valence-corrected chi connectivity index (χ4v) is 3.84. The minimum atomic E-state index is -0.112. The summed E-state index contributed by atoms with van der Waals surface area (Å²) in [6.45, 7) is 3.62. The van der Waals surface area contributed by atoms with Crippen molar-refractivity contribution in [3.05, 3.63) is 55.4 Å². The average Bonchev–Trinajstić information content (AvgIpc) is 2.74. The van der Waals surface area contributed by atoms with Gasteiger partial charge >= 0.3 is 0 Å². The van der Waals surface area contributed by atoms with Crippen molar-refractivity contribution in [2.24, 2.45) is 0 Å². The molecule has 0 aliphatic rings. The highest BCUT2D eigenvalue weighted by atomic mass is 79.9. The second kappa shape index (κ2) is 5.51. The van der Waals surface area contributed by atoms with E-state index in [2.05, 4.69) is 21.2 Å². The number of halogens is 2. The molecule has 2 rings (SSSR count). The molecular weight excluding hydrogens is 313 g/mol. The van der Waals surface area contributed by atoms with Gasteiger partial charge in [-0.25, -0.2) is 4.39 Å². The van der Waals surface area contributed by atoms with Crippen LogP contribution in [0.15, 0.2) is 28.1 Å². The summed E-state index contributed by atoms with van der Waals surface area (Å²) in [5, 5.41) is 5.34. The molecule has 1 heterocycles. The van der Waals surface area contributed by atoms with Gasteiger partial charge in [0.2, 0.25) is 0 Å². The van der Waals surface area contributed by atoms with Crippen LogP contribution in [-0.4, -0.2) is 7.05 Å². The molecule has 0 saturated carbocycles. The highest BCUT2D eigenvalue weighted by Gasteiger charge is 2.18. The number of aryl methyl sites for hydroxylation is 2. The van der Waals surface area contributed by atoms with Gasteiger partial charge in [-0.3, -0.25) is 0 Å². The maximum absolute atomic E-state index is 13.7. The Morgan fingerprint density at radius 2 is 1.89 bits per heavy atom. The fraction of sp³-hybridized carbons (Fsp3) is 0.286. The third-order valence-corrected chi connectivity index (χ3v) is 4.92. The zero-order chi connectivity index (χ0) is 13.3. The summed E-state index contributed by atoms with van der Waals surface area (Å²) in [5.74, 6) is -0.112. The molecule has 1 aromatic carbocycles. The van der Waals surface area contributed by atoms with Gasteiger partial charge in [0.05, 0.1) is 6.04 Å². The molecule has 0 fully saturated rings. The molecule has 0 aliphatic heterocycles. The number of hydrogen-bond acceptors (Lipinski definition) is 2. The van der Waals surface area contributed by atoms with Gasteiger partial charge < -0.3 is 5.32 Å². The Bertz CT molecular complexity index is 542. The molecule has 0 amide bonds. The lowest BCUT2D eigenvalue weighted by Gasteiger charge is -2.18. The first-order valence-electron chi connectivity index (χ1n) is 5.71. The molecule has 0 spiro atoms. The second-order valence-corrected chi connectivity index (χ2v) is 6.13. The van der Waals surface area contributed by atoms with E-state index < -0.39 is 0 Å². The Morgan fingerprint density at radius 3 is 2.33 bits per heavy atom. The lowest BCUT2D eigenvalue weighted by molar-refractivity contribution is 0.605. The molecule has 18 heavy (non-hydrogen) atoms.